The van der Waals surface area contributed by atoms with E-state index in [4.69, 9.17) is 22.4 Å². The van der Waals surface area contributed by atoms with Crippen molar-refractivity contribution in [3.8, 4) is 0 Å². The van der Waals surface area contributed by atoms with Crippen LogP contribution in [-0.2, 0) is 4.79 Å². The highest BCUT2D eigenvalue weighted by atomic mass is 79.9. The molecule has 0 amide bonds. The molecule has 1 aromatic carbocycles. The van der Waals surface area contributed by atoms with Gasteiger partial charge in [0.25, 0.3) is 0 Å². The van der Waals surface area contributed by atoms with Crippen molar-refractivity contribution >= 4 is 33.5 Å². The largest absolute Gasteiger partial charge is 0.481 e. The first-order valence-corrected chi connectivity index (χ1v) is 5.10. The molecule has 3 N–H and O–H groups in total. The second-order valence-electron chi connectivity index (χ2n) is 2.88. The first-order valence-electron chi connectivity index (χ1n) is 3.93. The fourth-order valence-corrected chi connectivity index (χ4v) is 1.48. The minimum Gasteiger partial charge on any atom is -0.481 e. The maximum Gasteiger partial charge on any atom is 0.305 e. The van der Waals surface area contributed by atoms with Crippen molar-refractivity contribution in [1.82, 2.24) is 0 Å². The zero-order valence-corrected chi connectivity index (χ0v) is 9.55. The second kappa shape index (κ2) is 4.77. The molecule has 0 aliphatic carbocycles. The first-order chi connectivity index (χ1) is 6.50. The topological polar surface area (TPSA) is 63.3 Å². The number of benzene rings is 1. The third kappa shape index (κ3) is 2.97. The van der Waals surface area contributed by atoms with Crippen molar-refractivity contribution in [3.63, 3.8) is 0 Å². The van der Waals surface area contributed by atoms with Gasteiger partial charge < -0.3 is 10.8 Å². The highest BCUT2D eigenvalue weighted by Gasteiger charge is 2.11. The van der Waals surface area contributed by atoms with Crippen LogP contribution in [0.15, 0.2) is 22.7 Å². The van der Waals surface area contributed by atoms with Gasteiger partial charge in [-0.3, -0.25) is 4.79 Å². The van der Waals surface area contributed by atoms with Crippen molar-refractivity contribution in [2.75, 3.05) is 0 Å². The monoisotopic (exact) mass is 277 g/mol. The van der Waals surface area contributed by atoms with Gasteiger partial charge in [0.1, 0.15) is 0 Å². The van der Waals surface area contributed by atoms with Crippen LogP contribution < -0.4 is 5.73 Å². The molecule has 0 aliphatic rings. The molecule has 0 aliphatic heterocycles. The molecule has 0 bridgehead atoms. The van der Waals surface area contributed by atoms with E-state index >= 15 is 0 Å². The lowest BCUT2D eigenvalue weighted by Crippen LogP contribution is -2.14. The van der Waals surface area contributed by atoms with E-state index in [0.29, 0.717) is 5.02 Å². The summed E-state index contributed by atoms with van der Waals surface area (Å²) in [4.78, 5) is 10.4. The van der Waals surface area contributed by atoms with Gasteiger partial charge in [0.05, 0.1) is 11.4 Å². The molecule has 76 valence electrons. The Hall–Kier alpha value is -0.580. The Bertz CT molecular complexity index is 357. The van der Waals surface area contributed by atoms with Gasteiger partial charge in [-0.25, -0.2) is 0 Å². The van der Waals surface area contributed by atoms with Gasteiger partial charge in [-0.05, 0) is 33.6 Å². The Morgan fingerprint density at radius 2 is 2.29 bits per heavy atom. The molecule has 0 heterocycles. The molecule has 3 nitrogen and oxygen atoms in total. The summed E-state index contributed by atoms with van der Waals surface area (Å²) in [5.74, 6) is -0.920. The molecule has 1 atom stereocenters. The van der Waals surface area contributed by atoms with Crippen molar-refractivity contribution in [2.45, 2.75) is 12.5 Å². The Balaban J connectivity index is 2.85. The highest BCUT2D eigenvalue weighted by Crippen LogP contribution is 2.26. The van der Waals surface area contributed by atoms with Crippen molar-refractivity contribution in [2.24, 2.45) is 5.73 Å². The highest BCUT2D eigenvalue weighted by molar-refractivity contribution is 9.10. The van der Waals surface area contributed by atoms with Gasteiger partial charge in [-0.1, -0.05) is 17.7 Å². The molecule has 0 saturated carbocycles. The Labute approximate surface area is 95.0 Å². The van der Waals surface area contributed by atoms with Gasteiger partial charge in [0, 0.05) is 10.5 Å². The molecule has 5 heteroatoms. The van der Waals surface area contributed by atoms with Crippen molar-refractivity contribution < 1.29 is 9.90 Å². The van der Waals surface area contributed by atoms with Crippen LogP contribution in [-0.4, -0.2) is 11.1 Å². The number of hydrogen-bond acceptors (Lipinski definition) is 2. The number of carbonyl (C=O) groups is 1. The van der Waals surface area contributed by atoms with Crippen LogP contribution in [0, 0.1) is 0 Å². The van der Waals surface area contributed by atoms with Gasteiger partial charge in [-0.15, -0.1) is 0 Å². The van der Waals surface area contributed by atoms with E-state index in [-0.39, 0.29) is 6.42 Å². The predicted molar refractivity (Wildman–Crippen MR) is 58.3 cm³/mol. The second-order valence-corrected chi connectivity index (χ2v) is 4.14. The van der Waals surface area contributed by atoms with E-state index in [9.17, 15) is 4.79 Å². The minimum atomic E-state index is -0.920. The fourth-order valence-electron chi connectivity index (χ4n) is 1.05. The van der Waals surface area contributed by atoms with E-state index in [2.05, 4.69) is 15.9 Å². The van der Waals surface area contributed by atoms with Crippen LogP contribution in [0.2, 0.25) is 5.02 Å². The lowest BCUT2D eigenvalue weighted by molar-refractivity contribution is -0.137. The molecule has 0 radical (unpaired) electrons. The van der Waals surface area contributed by atoms with E-state index in [0.717, 1.165) is 10.0 Å². The number of aliphatic carboxylic acids is 1. The lowest BCUT2D eigenvalue weighted by atomic mass is 10.1. The molecule has 1 aromatic rings. The Morgan fingerprint density at radius 1 is 1.64 bits per heavy atom. The summed E-state index contributed by atoms with van der Waals surface area (Å²) >= 11 is 9.08. The van der Waals surface area contributed by atoms with Gasteiger partial charge in [0.15, 0.2) is 0 Å². The molecule has 1 rings (SSSR count). The molecule has 0 unspecified atom stereocenters. The maximum absolute atomic E-state index is 10.4. The van der Waals surface area contributed by atoms with Crippen LogP contribution in [0.3, 0.4) is 0 Å². The molecule has 0 spiro atoms. The van der Waals surface area contributed by atoms with Crippen LogP contribution in [0.1, 0.15) is 18.0 Å². The third-order valence-electron chi connectivity index (χ3n) is 1.77. The standard InChI is InChI=1S/C9H9BrClNO2/c10-6-2-1-5(3-7(6)11)8(12)4-9(13)14/h1-3,8H,4,12H2,(H,13,14)/t8-/m1/s1. The number of carboxylic acid groups (broad SMARTS) is 1. The SMILES string of the molecule is N[C@H](CC(=O)O)c1ccc(Br)c(Cl)c1. The number of carboxylic acids is 1. The van der Waals surface area contributed by atoms with Crippen LogP contribution in [0.4, 0.5) is 0 Å². The summed E-state index contributed by atoms with van der Waals surface area (Å²) in [7, 11) is 0. The molecule has 0 saturated heterocycles. The van der Waals surface area contributed by atoms with Gasteiger partial charge in [-0.2, -0.15) is 0 Å². The average molecular weight is 279 g/mol. The molecular formula is C9H9BrClNO2. The van der Waals surface area contributed by atoms with Gasteiger partial charge in [0.2, 0.25) is 0 Å². The molecule has 0 fully saturated rings. The Morgan fingerprint density at radius 3 is 2.79 bits per heavy atom. The van der Waals surface area contributed by atoms with Crippen LogP contribution in [0.25, 0.3) is 0 Å². The molecule has 14 heavy (non-hydrogen) atoms. The zero-order chi connectivity index (χ0) is 10.7. The fraction of sp³-hybridized carbons (Fsp3) is 0.222. The smallest absolute Gasteiger partial charge is 0.305 e. The number of hydrogen-bond donors (Lipinski definition) is 2. The summed E-state index contributed by atoms with van der Waals surface area (Å²) in [5, 5.41) is 9.08. The summed E-state index contributed by atoms with van der Waals surface area (Å²) < 4.78 is 0.769. The van der Waals surface area contributed by atoms with E-state index in [1.165, 1.54) is 0 Å². The van der Waals surface area contributed by atoms with Crippen LogP contribution in [0.5, 0.6) is 0 Å². The number of nitrogens with two attached hydrogens (primary N) is 1. The third-order valence-corrected chi connectivity index (χ3v) is 3.00. The van der Waals surface area contributed by atoms with Crippen LogP contribution >= 0.6 is 27.5 Å². The lowest BCUT2D eigenvalue weighted by Gasteiger charge is -2.09. The summed E-state index contributed by atoms with van der Waals surface area (Å²) in [6, 6.07) is 4.65. The van der Waals surface area contributed by atoms with Crippen molar-refractivity contribution in [1.29, 1.82) is 0 Å². The quantitative estimate of drug-likeness (QED) is 0.893. The van der Waals surface area contributed by atoms with E-state index in [1.54, 1.807) is 18.2 Å². The normalized spacial score (nSPS) is 12.5. The Kier molecular flexibility index (Phi) is 3.92. The van der Waals surface area contributed by atoms with Gasteiger partial charge >= 0.3 is 5.97 Å². The minimum absolute atomic E-state index is 0.0992. The maximum atomic E-state index is 10.4. The number of halogens is 2. The summed E-state index contributed by atoms with van der Waals surface area (Å²) in [5.41, 5.74) is 6.38. The average Bonchev–Trinajstić information content (AvgIpc) is 2.08. The number of rotatable bonds is 3. The molecule has 0 aromatic heterocycles. The van der Waals surface area contributed by atoms with E-state index in [1.807, 2.05) is 0 Å². The summed E-state index contributed by atoms with van der Waals surface area (Å²) in [6.45, 7) is 0. The molecular weight excluding hydrogens is 269 g/mol. The predicted octanol–water partition coefficient (Wildman–Crippen LogP) is 2.58. The van der Waals surface area contributed by atoms with E-state index < -0.39 is 12.0 Å². The summed E-state index contributed by atoms with van der Waals surface area (Å²) in [6.07, 6.45) is -0.0992. The first kappa shape index (κ1) is 11.5. The zero-order valence-electron chi connectivity index (χ0n) is 7.21. The van der Waals surface area contributed by atoms with Crippen molar-refractivity contribution in [3.05, 3.63) is 33.3 Å².